The Labute approximate surface area is 131 Å². The lowest BCUT2D eigenvalue weighted by Crippen LogP contribution is -1.93. The predicted octanol–water partition coefficient (Wildman–Crippen LogP) is 5.72. The van der Waals surface area contributed by atoms with Crippen molar-refractivity contribution < 1.29 is 9.90 Å². The monoisotopic (exact) mass is 292 g/mol. The summed E-state index contributed by atoms with van der Waals surface area (Å²) < 4.78 is 0. The number of aliphatic carboxylic acids is 1. The van der Waals surface area contributed by atoms with Crippen molar-refractivity contribution in [2.75, 3.05) is 0 Å². The molecule has 0 atom stereocenters. The van der Waals surface area contributed by atoms with Crippen molar-refractivity contribution >= 4 is 5.97 Å². The molecule has 0 saturated heterocycles. The van der Waals surface area contributed by atoms with Gasteiger partial charge in [0, 0.05) is 19.3 Å². The van der Waals surface area contributed by atoms with E-state index in [1.165, 1.54) is 38.5 Å². The van der Waals surface area contributed by atoms with Crippen LogP contribution in [0, 0.1) is 11.8 Å². The van der Waals surface area contributed by atoms with E-state index in [1.54, 1.807) is 0 Å². The van der Waals surface area contributed by atoms with Gasteiger partial charge in [-0.25, -0.2) is 0 Å². The highest BCUT2D eigenvalue weighted by molar-refractivity contribution is 5.66. The van der Waals surface area contributed by atoms with Gasteiger partial charge in [0.2, 0.25) is 0 Å². The van der Waals surface area contributed by atoms with Crippen molar-refractivity contribution in [2.24, 2.45) is 0 Å². The number of allylic oxidation sites excluding steroid dienone is 2. The fourth-order valence-corrected chi connectivity index (χ4v) is 2.13. The van der Waals surface area contributed by atoms with Crippen LogP contribution >= 0.6 is 0 Å². The minimum Gasteiger partial charge on any atom is -0.481 e. The molecule has 0 spiro atoms. The molecule has 120 valence electrons. The maximum atomic E-state index is 10.3. The van der Waals surface area contributed by atoms with Gasteiger partial charge in [0.15, 0.2) is 0 Å². The van der Waals surface area contributed by atoms with Gasteiger partial charge >= 0.3 is 5.97 Å². The third-order valence-corrected chi connectivity index (χ3v) is 3.43. The zero-order chi connectivity index (χ0) is 15.6. The molecule has 1 N–H and O–H groups in total. The highest BCUT2D eigenvalue weighted by atomic mass is 16.4. The van der Waals surface area contributed by atoms with Crippen LogP contribution in [-0.2, 0) is 4.79 Å². The topological polar surface area (TPSA) is 37.3 Å². The predicted molar refractivity (Wildman–Crippen MR) is 90.2 cm³/mol. The molecule has 0 bridgehead atoms. The van der Waals surface area contributed by atoms with Gasteiger partial charge in [-0.2, -0.15) is 0 Å². The number of carboxylic acid groups (broad SMARTS) is 1. The Morgan fingerprint density at radius 3 is 2.38 bits per heavy atom. The quantitative estimate of drug-likeness (QED) is 0.268. The first-order valence-electron chi connectivity index (χ1n) is 8.60. The fourth-order valence-electron chi connectivity index (χ4n) is 2.13. The molecule has 0 aliphatic heterocycles. The molecule has 0 amide bonds. The molecular weight excluding hydrogens is 260 g/mol. The minimum atomic E-state index is -0.681. The molecule has 0 saturated carbocycles. The van der Waals surface area contributed by atoms with Gasteiger partial charge < -0.3 is 5.11 Å². The second kappa shape index (κ2) is 16.8. The zero-order valence-electron chi connectivity index (χ0n) is 13.7. The van der Waals surface area contributed by atoms with Gasteiger partial charge in [0.05, 0.1) is 0 Å². The largest absolute Gasteiger partial charge is 0.481 e. The van der Waals surface area contributed by atoms with E-state index in [9.17, 15) is 4.79 Å². The maximum absolute atomic E-state index is 10.3. The number of hydrogen-bond acceptors (Lipinski definition) is 1. The Morgan fingerprint density at radius 1 is 0.905 bits per heavy atom. The normalized spacial score (nSPS) is 10.5. The molecule has 0 rings (SSSR count). The Balaban J connectivity index is 3.23. The molecule has 0 aliphatic rings. The van der Waals surface area contributed by atoms with E-state index in [-0.39, 0.29) is 0 Å². The third-order valence-electron chi connectivity index (χ3n) is 3.43. The van der Waals surface area contributed by atoms with E-state index in [0.29, 0.717) is 6.42 Å². The molecule has 0 aromatic rings. The van der Waals surface area contributed by atoms with Crippen LogP contribution in [0.25, 0.3) is 0 Å². The van der Waals surface area contributed by atoms with Crippen LogP contribution in [0.15, 0.2) is 12.2 Å². The van der Waals surface area contributed by atoms with Crippen LogP contribution in [0.1, 0.15) is 90.4 Å². The van der Waals surface area contributed by atoms with E-state index in [4.69, 9.17) is 5.11 Å². The molecule has 0 aromatic heterocycles. The van der Waals surface area contributed by atoms with Crippen molar-refractivity contribution in [1.29, 1.82) is 0 Å². The van der Waals surface area contributed by atoms with E-state index in [2.05, 4.69) is 30.9 Å². The van der Waals surface area contributed by atoms with Crippen LogP contribution in [0.3, 0.4) is 0 Å². The highest BCUT2D eigenvalue weighted by Crippen LogP contribution is 2.06. The molecule has 2 heteroatoms. The molecule has 0 aliphatic carbocycles. The van der Waals surface area contributed by atoms with Crippen molar-refractivity contribution in [2.45, 2.75) is 90.4 Å². The molecule has 2 nitrogen and oxygen atoms in total. The SMILES string of the molecule is CCCCCCC=CCC#CCCCCCCCC(=O)O. The van der Waals surface area contributed by atoms with Crippen LogP contribution in [0.4, 0.5) is 0 Å². The lowest BCUT2D eigenvalue weighted by molar-refractivity contribution is -0.137. The van der Waals surface area contributed by atoms with E-state index < -0.39 is 5.97 Å². The van der Waals surface area contributed by atoms with Crippen molar-refractivity contribution in [1.82, 2.24) is 0 Å². The number of carboxylic acids is 1. The van der Waals surface area contributed by atoms with Gasteiger partial charge in [-0.3, -0.25) is 4.79 Å². The highest BCUT2D eigenvalue weighted by Gasteiger charge is 1.95. The van der Waals surface area contributed by atoms with Crippen LogP contribution in [-0.4, -0.2) is 11.1 Å². The summed E-state index contributed by atoms with van der Waals surface area (Å²) in [6.07, 6.45) is 18.4. The average Bonchev–Trinajstić information content (AvgIpc) is 2.46. The van der Waals surface area contributed by atoms with Gasteiger partial charge in [0.1, 0.15) is 0 Å². The number of hydrogen-bond donors (Lipinski definition) is 1. The number of rotatable bonds is 13. The fraction of sp³-hybridized carbons (Fsp3) is 0.737. The Hall–Kier alpha value is -1.23. The Kier molecular flexibility index (Phi) is 15.8. The summed E-state index contributed by atoms with van der Waals surface area (Å²) >= 11 is 0. The van der Waals surface area contributed by atoms with Gasteiger partial charge in [-0.1, -0.05) is 63.5 Å². The van der Waals surface area contributed by atoms with Crippen LogP contribution in [0.2, 0.25) is 0 Å². The lowest BCUT2D eigenvalue weighted by atomic mass is 10.1. The first kappa shape index (κ1) is 19.8. The molecule has 0 aromatic carbocycles. The van der Waals surface area contributed by atoms with Crippen molar-refractivity contribution in [3.63, 3.8) is 0 Å². The maximum Gasteiger partial charge on any atom is 0.303 e. The molecule has 0 radical (unpaired) electrons. The standard InChI is InChI=1S/C19H32O2/c1-2-3-4-5-6-7-8-9-10-11-12-13-14-15-16-17-18-19(20)21/h7-8H,2-6,9,12-18H2,1H3,(H,20,21). The summed E-state index contributed by atoms with van der Waals surface area (Å²) in [5.74, 6) is 5.72. The minimum absolute atomic E-state index is 0.310. The summed E-state index contributed by atoms with van der Waals surface area (Å²) in [6, 6.07) is 0. The Bertz CT molecular complexity index is 320. The van der Waals surface area contributed by atoms with E-state index in [1.807, 2.05) is 0 Å². The summed E-state index contributed by atoms with van der Waals surface area (Å²) in [4.78, 5) is 10.3. The first-order valence-corrected chi connectivity index (χ1v) is 8.60. The molecule has 0 unspecified atom stereocenters. The molecular formula is C19H32O2. The summed E-state index contributed by atoms with van der Waals surface area (Å²) in [6.45, 7) is 2.24. The van der Waals surface area contributed by atoms with Crippen LogP contribution in [0.5, 0.6) is 0 Å². The summed E-state index contributed by atoms with van der Waals surface area (Å²) in [5.41, 5.74) is 0. The first-order chi connectivity index (χ1) is 10.3. The summed E-state index contributed by atoms with van der Waals surface area (Å²) in [7, 11) is 0. The van der Waals surface area contributed by atoms with Crippen LogP contribution < -0.4 is 0 Å². The third kappa shape index (κ3) is 18.8. The van der Waals surface area contributed by atoms with Crippen molar-refractivity contribution in [3.8, 4) is 11.8 Å². The van der Waals surface area contributed by atoms with E-state index >= 15 is 0 Å². The average molecular weight is 292 g/mol. The van der Waals surface area contributed by atoms with Gasteiger partial charge in [0.25, 0.3) is 0 Å². The second-order valence-electron chi connectivity index (χ2n) is 5.54. The lowest BCUT2D eigenvalue weighted by Gasteiger charge is -1.97. The smallest absolute Gasteiger partial charge is 0.303 e. The summed E-state index contributed by atoms with van der Waals surface area (Å²) in [5, 5.41) is 8.50. The Morgan fingerprint density at radius 2 is 1.62 bits per heavy atom. The second-order valence-corrected chi connectivity index (χ2v) is 5.54. The molecule has 0 heterocycles. The van der Waals surface area contributed by atoms with Gasteiger partial charge in [-0.15, -0.1) is 5.92 Å². The number of carbonyl (C=O) groups is 1. The number of unbranched alkanes of at least 4 members (excludes halogenated alkanes) is 9. The molecule has 0 fully saturated rings. The van der Waals surface area contributed by atoms with Crippen molar-refractivity contribution in [3.05, 3.63) is 12.2 Å². The van der Waals surface area contributed by atoms with E-state index in [0.717, 1.165) is 38.5 Å². The molecule has 21 heavy (non-hydrogen) atoms. The zero-order valence-corrected chi connectivity index (χ0v) is 13.7. The van der Waals surface area contributed by atoms with Gasteiger partial charge in [-0.05, 0) is 25.7 Å².